The van der Waals surface area contributed by atoms with Gasteiger partial charge in [-0.3, -0.25) is 14.5 Å². The lowest BCUT2D eigenvalue weighted by molar-refractivity contribution is -0.148. The number of halogens is 2. The highest BCUT2D eigenvalue weighted by molar-refractivity contribution is 9.10. The Morgan fingerprint density at radius 3 is 2.70 bits per heavy atom. The van der Waals surface area contributed by atoms with Crippen LogP contribution in [0.1, 0.15) is 25.8 Å². The number of esters is 1. The molecule has 1 aromatic carbocycles. The molecule has 124 valence electrons. The topological polar surface area (TPSA) is 75.7 Å². The van der Waals surface area contributed by atoms with E-state index in [1.807, 2.05) is 0 Å². The maximum absolute atomic E-state index is 13.6. The quantitative estimate of drug-likeness (QED) is 0.622. The fraction of sp³-hybridized carbons (Fsp3) is 0.400. The number of benzene rings is 1. The second-order valence-electron chi connectivity index (χ2n) is 5.40. The third kappa shape index (κ3) is 3.69. The highest BCUT2D eigenvalue weighted by atomic mass is 79.9. The number of carbonyl (C=O) groups excluding carboxylic acids is 3. The van der Waals surface area contributed by atoms with Gasteiger partial charge in [0.1, 0.15) is 24.5 Å². The van der Waals surface area contributed by atoms with Crippen molar-refractivity contribution in [2.75, 3.05) is 6.54 Å². The average Bonchev–Trinajstić information content (AvgIpc) is 2.70. The number of amides is 3. The SMILES string of the molecule is CC[C@]1(C)NC(=O)N(CC(=O)OCc2ccc(Br)cc2F)C1=O. The minimum absolute atomic E-state index is 0.206. The van der Waals surface area contributed by atoms with E-state index < -0.39 is 35.8 Å². The van der Waals surface area contributed by atoms with Crippen LogP contribution in [0.25, 0.3) is 0 Å². The molecule has 0 unspecified atom stereocenters. The summed E-state index contributed by atoms with van der Waals surface area (Å²) in [5.41, 5.74) is -0.799. The van der Waals surface area contributed by atoms with E-state index in [9.17, 15) is 18.8 Å². The Morgan fingerprint density at radius 2 is 2.13 bits per heavy atom. The predicted molar refractivity (Wildman–Crippen MR) is 82.8 cm³/mol. The van der Waals surface area contributed by atoms with Crippen molar-refractivity contribution in [1.82, 2.24) is 10.2 Å². The van der Waals surface area contributed by atoms with Gasteiger partial charge in [0.25, 0.3) is 5.91 Å². The average molecular weight is 387 g/mol. The van der Waals surface area contributed by atoms with Gasteiger partial charge in [-0.15, -0.1) is 0 Å². The van der Waals surface area contributed by atoms with Crippen LogP contribution in [0.3, 0.4) is 0 Å². The van der Waals surface area contributed by atoms with Gasteiger partial charge in [0.2, 0.25) is 0 Å². The number of nitrogens with one attached hydrogen (secondary N) is 1. The number of hydrogen-bond acceptors (Lipinski definition) is 4. The first-order chi connectivity index (χ1) is 10.8. The summed E-state index contributed by atoms with van der Waals surface area (Å²) < 4.78 is 19.1. The van der Waals surface area contributed by atoms with E-state index in [0.717, 1.165) is 4.90 Å². The van der Waals surface area contributed by atoms with Crippen LogP contribution in [0.2, 0.25) is 0 Å². The first-order valence-electron chi connectivity index (χ1n) is 7.00. The Bertz CT molecular complexity index is 667. The van der Waals surface area contributed by atoms with Gasteiger partial charge in [-0.2, -0.15) is 0 Å². The molecule has 2 rings (SSSR count). The van der Waals surface area contributed by atoms with Gasteiger partial charge in [0.15, 0.2) is 0 Å². The smallest absolute Gasteiger partial charge is 0.326 e. The lowest BCUT2D eigenvalue weighted by atomic mass is 9.99. The molecule has 1 atom stereocenters. The Hall–Kier alpha value is -1.96. The minimum atomic E-state index is -1.00. The predicted octanol–water partition coefficient (Wildman–Crippen LogP) is 2.35. The zero-order chi connectivity index (χ0) is 17.2. The molecule has 0 radical (unpaired) electrons. The summed E-state index contributed by atoms with van der Waals surface area (Å²) in [4.78, 5) is 36.5. The van der Waals surface area contributed by atoms with Crippen molar-refractivity contribution >= 4 is 33.8 Å². The molecule has 1 heterocycles. The van der Waals surface area contributed by atoms with Crippen molar-refractivity contribution in [2.45, 2.75) is 32.4 Å². The lowest BCUT2D eigenvalue weighted by Gasteiger charge is -2.18. The third-order valence-corrected chi connectivity index (χ3v) is 4.24. The molecule has 0 aliphatic carbocycles. The van der Waals surface area contributed by atoms with E-state index in [0.29, 0.717) is 10.9 Å². The molecule has 8 heteroatoms. The van der Waals surface area contributed by atoms with Crippen LogP contribution < -0.4 is 5.32 Å². The molecule has 6 nitrogen and oxygen atoms in total. The molecule has 23 heavy (non-hydrogen) atoms. The molecule has 1 aliphatic heterocycles. The van der Waals surface area contributed by atoms with Crippen LogP contribution in [-0.2, 0) is 20.9 Å². The number of rotatable bonds is 5. The summed E-state index contributed by atoms with van der Waals surface area (Å²) in [6.07, 6.45) is 0.410. The van der Waals surface area contributed by atoms with Gasteiger partial charge in [-0.1, -0.05) is 28.9 Å². The van der Waals surface area contributed by atoms with Gasteiger partial charge in [-0.25, -0.2) is 9.18 Å². The Morgan fingerprint density at radius 1 is 1.43 bits per heavy atom. The summed E-state index contributed by atoms with van der Waals surface area (Å²) >= 11 is 3.13. The van der Waals surface area contributed by atoms with E-state index in [2.05, 4.69) is 21.2 Å². The van der Waals surface area contributed by atoms with E-state index >= 15 is 0 Å². The maximum atomic E-state index is 13.6. The first-order valence-corrected chi connectivity index (χ1v) is 7.80. The van der Waals surface area contributed by atoms with Gasteiger partial charge >= 0.3 is 12.0 Å². The van der Waals surface area contributed by atoms with Crippen LogP contribution in [0.4, 0.5) is 9.18 Å². The lowest BCUT2D eigenvalue weighted by Crippen LogP contribution is -2.43. The Balaban J connectivity index is 1.95. The minimum Gasteiger partial charge on any atom is -0.459 e. The molecule has 0 saturated carbocycles. The molecule has 1 saturated heterocycles. The standard InChI is InChI=1S/C15H16BrFN2O4/c1-3-15(2)13(21)19(14(22)18-15)7-12(20)23-8-9-4-5-10(16)6-11(9)17/h4-6H,3,7-8H2,1-2H3,(H,18,22)/t15-/m0/s1. The molecule has 1 aromatic rings. The summed E-state index contributed by atoms with van der Waals surface area (Å²) in [6, 6.07) is 3.73. The first kappa shape index (κ1) is 17.4. The zero-order valence-electron chi connectivity index (χ0n) is 12.7. The van der Waals surface area contributed by atoms with Crippen LogP contribution in [0.15, 0.2) is 22.7 Å². The second kappa shape index (κ2) is 6.66. The largest absolute Gasteiger partial charge is 0.459 e. The monoisotopic (exact) mass is 386 g/mol. The zero-order valence-corrected chi connectivity index (χ0v) is 14.3. The number of ether oxygens (including phenoxy) is 1. The molecule has 1 N–H and O–H groups in total. The summed E-state index contributed by atoms with van der Waals surface area (Å²) in [6.45, 7) is 2.58. The Kier molecular flexibility index (Phi) is 5.03. The maximum Gasteiger partial charge on any atom is 0.326 e. The number of hydrogen-bond donors (Lipinski definition) is 1. The summed E-state index contributed by atoms with van der Waals surface area (Å²) in [5.74, 6) is -1.77. The highest BCUT2D eigenvalue weighted by Gasteiger charge is 2.47. The highest BCUT2D eigenvalue weighted by Crippen LogP contribution is 2.21. The fourth-order valence-corrected chi connectivity index (χ4v) is 2.44. The number of urea groups is 1. The number of carbonyl (C=O) groups is 3. The third-order valence-electron chi connectivity index (χ3n) is 3.74. The second-order valence-corrected chi connectivity index (χ2v) is 6.32. The van der Waals surface area contributed by atoms with E-state index in [1.54, 1.807) is 19.9 Å². The molecular formula is C15H16BrFN2O4. The van der Waals surface area contributed by atoms with Gasteiger partial charge < -0.3 is 10.1 Å². The summed E-state index contributed by atoms with van der Waals surface area (Å²) in [5, 5.41) is 2.54. The van der Waals surface area contributed by atoms with Gasteiger partial charge in [-0.05, 0) is 25.5 Å². The van der Waals surface area contributed by atoms with Crippen molar-refractivity contribution in [1.29, 1.82) is 0 Å². The normalized spacial score (nSPS) is 20.6. The van der Waals surface area contributed by atoms with Gasteiger partial charge in [0.05, 0.1) is 0 Å². The van der Waals surface area contributed by atoms with Crippen LogP contribution in [-0.4, -0.2) is 34.9 Å². The van der Waals surface area contributed by atoms with Crippen LogP contribution in [0.5, 0.6) is 0 Å². The van der Waals surface area contributed by atoms with Crippen LogP contribution >= 0.6 is 15.9 Å². The number of imide groups is 1. The van der Waals surface area contributed by atoms with Gasteiger partial charge in [0, 0.05) is 10.0 Å². The molecule has 0 bridgehead atoms. The van der Waals surface area contributed by atoms with Crippen LogP contribution in [0, 0.1) is 5.82 Å². The van der Waals surface area contributed by atoms with Crippen molar-refractivity contribution < 1.29 is 23.5 Å². The molecule has 1 aliphatic rings. The van der Waals surface area contributed by atoms with E-state index in [1.165, 1.54) is 12.1 Å². The summed E-state index contributed by atoms with van der Waals surface area (Å²) in [7, 11) is 0. The molecule has 0 aromatic heterocycles. The van der Waals surface area contributed by atoms with Crippen molar-refractivity contribution in [3.05, 3.63) is 34.1 Å². The van der Waals surface area contributed by atoms with Crippen molar-refractivity contribution in [2.24, 2.45) is 0 Å². The fourth-order valence-electron chi connectivity index (χ4n) is 2.10. The van der Waals surface area contributed by atoms with Crippen molar-refractivity contribution in [3.8, 4) is 0 Å². The molecule has 3 amide bonds. The molecular weight excluding hydrogens is 371 g/mol. The Labute approximate surface area is 141 Å². The molecule has 1 fully saturated rings. The van der Waals surface area contributed by atoms with Crippen molar-refractivity contribution in [3.63, 3.8) is 0 Å². The van der Waals surface area contributed by atoms with E-state index in [4.69, 9.17) is 4.74 Å². The van der Waals surface area contributed by atoms with E-state index in [-0.39, 0.29) is 12.2 Å². The molecule has 0 spiro atoms. The number of nitrogens with zero attached hydrogens (tertiary/aromatic N) is 1.